The first-order chi connectivity index (χ1) is 10.0. The number of hydrogen-bond donors (Lipinski definition) is 1. The Morgan fingerprint density at radius 2 is 2.00 bits per heavy atom. The van der Waals surface area contributed by atoms with Crippen molar-refractivity contribution in [1.29, 1.82) is 0 Å². The number of nitrogen functional groups attached to an aromatic ring is 1. The van der Waals surface area contributed by atoms with Crippen molar-refractivity contribution in [2.45, 2.75) is 0 Å². The average molecular weight is 313 g/mol. The van der Waals surface area contributed by atoms with Gasteiger partial charge in [-0.3, -0.25) is 9.78 Å². The van der Waals surface area contributed by atoms with Crippen molar-refractivity contribution in [1.82, 2.24) is 4.98 Å². The molecule has 0 saturated heterocycles. The Morgan fingerprint density at radius 1 is 1.33 bits per heavy atom. The van der Waals surface area contributed by atoms with Crippen LogP contribution in [0, 0.1) is 5.82 Å². The fourth-order valence-corrected chi connectivity index (χ4v) is 1.63. The van der Waals surface area contributed by atoms with Crippen LogP contribution in [0.15, 0.2) is 30.5 Å². The summed E-state index contributed by atoms with van der Waals surface area (Å²) >= 11 is 5.68. The number of carbonyl (C=O) groups excluding carboxylic acids is 1. The lowest BCUT2D eigenvalue weighted by atomic mass is 10.1. The molecule has 7 heteroatoms. The molecule has 0 aliphatic carbocycles. The van der Waals surface area contributed by atoms with Crippen LogP contribution in [-0.2, 0) is 9.53 Å². The minimum atomic E-state index is -0.436. The van der Waals surface area contributed by atoms with Gasteiger partial charge in [0.2, 0.25) is 0 Å². The normalized spacial score (nSPS) is 9.33. The number of pyridine rings is 1. The monoisotopic (exact) mass is 312 g/mol. The minimum absolute atomic E-state index is 0.340. The van der Waals surface area contributed by atoms with Gasteiger partial charge in [0.05, 0.1) is 31.8 Å². The van der Waals surface area contributed by atoms with Crippen LogP contribution < -0.4 is 10.5 Å². The maximum atomic E-state index is 13.7. The number of ether oxygens (including phenoxy) is 2. The Hall–Kier alpha value is -2.34. The number of aromatic nitrogens is 1. The van der Waals surface area contributed by atoms with E-state index >= 15 is 0 Å². The van der Waals surface area contributed by atoms with Crippen LogP contribution >= 0.6 is 11.6 Å². The SMILES string of the molecule is COC=O.COc1cnc(-c2ccc(Cl)cc2F)cc1N. The van der Waals surface area contributed by atoms with Crippen LogP contribution in [0.2, 0.25) is 5.02 Å². The number of rotatable bonds is 3. The molecule has 0 unspecified atom stereocenters. The molecule has 21 heavy (non-hydrogen) atoms. The van der Waals surface area contributed by atoms with E-state index in [2.05, 4.69) is 9.72 Å². The van der Waals surface area contributed by atoms with Gasteiger partial charge in [-0.15, -0.1) is 0 Å². The van der Waals surface area contributed by atoms with Gasteiger partial charge in [-0.1, -0.05) is 11.6 Å². The van der Waals surface area contributed by atoms with E-state index in [0.29, 0.717) is 34.2 Å². The fourth-order valence-electron chi connectivity index (χ4n) is 1.47. The Bertz CT molecular complexity index is 623. The van der Waals surface area contributed by atoms with E-state index in [1.54, 1.807) is 18.2 Å². The number of anilines is 1. The van der Waals surface area contributed by atoms with Crippen LogP contribution in [0.4, 0.5) is 10.1 Å². The fraction of sp³-hybridized carbons (Fsp3) is 0.143. The van der Waals surface area contributed by atoms with E-state index in [9.17, 15) is 4.39 Å². The Morgan fingerprint density at radius 3 is 2.48 bits per heavy atom. The minimum Gasteiger partial charge on any atom is -0.493 e. The second-order valence-electron chi connectivity index (χ2n) is 3.77. The zero-order valence-electron chi connectivity index (χ0n) is 11.5. The molecule has 2 aromatic rings. The zero-order valence-corrected chi connectivity index (χ0v) is 12.2. The van der Waals surface area contributed by atoms with E-state index in [1.165, 1.54) is 26.5 Å². The Kier molecular flexibility index (Phi) is 6.42. The Labute approximate surface area is 126 Å². The van der Waals surface area contributed by atoms with E-state index < -0.39 is 5.82 Å². The van der Waals surface area contributed by atoms with Gasteiger partial charge in [0.25, 0.3) is 6.47 Å². The van der Waals surface area contributed by atoms with Crippen molar-refractivity contribution in [3.63, 3.8) is 0 Å². The number of benzene rings is 1. The van der Waals surface area contributed by atoms with E-state index in [-0.39, 0.29) is 0 Å². The predicted octanol–water partition coefficient (Wildman–Crippen LogP) is 2.92. The Balaban J connectivity index is 0.000000491. The van der Waals surface area contributed by atoms with Crippen molar-refractivity contribution in [2.75, 3.05) is 20.0 Å². The third kappa shape index (κ3) is 4.61. The molecule has 2 rings (SSSR count). The molecule has 1 aromatic heterocycles. The average Bonchev–Trinajstić information content (AvgIpc) is 2.47. The summed E-state index contributed by atoms with van der Waals surface area (Å²) in [4.78, 5) is 13.0. The first-order valence-corrected chi connectivity index (χ1v) is 6.12. The molecule has 0 aliphatic rings. The van der Waals surface area contributed by atoms with E-state index in [4.69, 9.17) is 26.9 Å². The highest BCUT2D eigenvalue weighted by Crippen LogP contribution is 2.28. The van der Waals surface area contributed by atoms with E-state index in [0.717, 1.165) is 0 Å². The molecule has 0 bridgehead atoms. The first-order valence-electron chi connectivity index (χ1n) is 5.74. The van der Waals surface area contributed by atoms with Crippen molar-refractivity contribution >= 4 is 23.8 Å². The summed E-state index contributed by atoms with van der Waals surface area (Å²) < 4.78 is 22.5. The largest absolute Gasteiger partial charge is 0.493 e. The number of nitrogens with two attached hydrogens (primary N) is 1. The second kappa shape index (κ2) is 8.06. The van der Waals surface area contributed by atoms with Crippen LogP contribution in [0.3, 0.4) is 0 Å². The molecule has 0 spiro atoms. The highest BCUT2D eigenvalue weighted by atomic mass is 35.5. The van der Waals surface area contributed by atoms with Crippen LogP contribution in [0.5, 0.6) is 5.75 Å². The third-order valence-corrected chi connectivity index (χ3v) is 2.66. The maximum Gasteiger partial charge on any atom is 0.292 e. The molecule has 0 saturated carbocycles. The quantitative estimate of drug-likeness (QED) is 0.882. The van der Waals surface area contributed by atoms with Gasteiger partial charge in [0, 0.05) is 10.6 Å². The van der Waals surface area contributed by atoms with Crippen molar-refractivity contribution < 1.29 is 18.7 Å². The molecule has 2 N–H and O–H groups in total. The number of carbonyl (C=O) groups is 1. The summed E-state index contributed by atoms with van der Waals surface area (Å²) in [5.41, 5.74) is 6.94. The number of nitrogens with zero attached hydrogens (tertiary/aromatic N) is 1. The third-order valence-electron chi connectivity index (χ3n) is 2.42. The molecule has 1 aromatic carbocycles. The summed E-state index contributed by atoms with van der Waals surface area (Å²) in [5, 5.41) is 0.340. The van der Waals surface area contributed by atoms with Crippen molar-refractivity contribution in [3.8, 4) is 17.0 Å². The van der Waals surface area contributed by atoms with E-state index in [1.807, 2.05) is 0 Å². The summed E-state index contributed by atoms with van der Waals surface area (Å²) in [5.74, 6) is 0.0256. The van der Waals surface area contributed by atoms with Crippen molar-refractivity contribution in [2.24, 2.45) is 0 Å². The number of methoxy groups -OCH3 is 2. The number of hydrogen-bond acceptors (Lipinski definition) is 5. The summed E-state index contributed by atoms with van der Waals surface area (Å²) in [6.07, 6.45) is 1.46. The lowest BCUT2D eigenvalue weighted by Gasteiger charge is -2.07. The molecule has 0 atom stereocenters. The van der Waals surface area contributed by atoms with Gasteiger partial charge < -0.3 is 15.2 Å². The van der Waals surface area contributed by atoms with Crippen molar-refractivity contribution in [3.05, 3.63) is 41.3 Å². The van der Waals surface area contributed by atoms with Gasteiger partial charge in [-0.2, -0.15) is 0 Å². The molecule has 0 fully saturated rings. The van der Waals surface area contributed by atoms with Crippen LogP contribution in [-0.4, -0.2) is 25.7 Å². The van der Waals surface area contributed by atoms with Gasteiger partial charge in [0.1, 0.15) is 5.82 Å². The lowest BCUT2D eigenvalue weighted by molar-refractivity contribution is -0.126. The van der Waals surface area contributed by atoms with Gasteiger partial charge >= 0.3 is 0 Å². The molecule has 0 radical (unpaired) electrons. The second-order valence-corrected chi connectivity index (χ2v) is 4.20. The molecule has 1 heterocycles. The lowest BCUT2D eigenvalue weighted by Crippen LogP contribution is -1.95. The zero-order chi connectivity index (χ0) is 15.8. The van der Waals surface area contributed by atoms with Gasteiger partial charge in [-0.25, -0.2) is 4.39 Å². The summed E-state index contributed by atoms with van der Waals surface area (Å²) in [6.45, 7) is 0.375. The van der Waals surface area contributed by atoms with Gasteiger partial charge in [-0.05, 0) is 24.3 Å². The molecular formula is C14H14ClFN2O3. The molecule has 5 nitrogen and oxygen atoms in total. The highest BCUT2D eigenvalue weighted by molar-refractivity contribution is 6.30. The predicted molar refractivity (Wildman–Crippen MR) is 78.7 cm³/mol. The summed E-state index contributed by atoms with van der Waals surface area (Å²) in [7, 11) is 2.81. The standard InChI is InChI=1S/C12H10ClFN2O.C2H4O2/c1-17-12-6-16-11(5-10(12)15)8-3-2-7(13)4-9(8)14;1-4-2-3/h2-6H,1H3,(H2,15,16);2H,1H3. The smallest absolute Gasteiger partial charge is 0.292 e. The molecule has 112 valence electrons. The molecule has 0 amide bonds. The van der Waals surface area contributed by atoms with Crippen LogP contribution in [0.25, 0.3) is 11.3 Å². The maximum absolute atomic E-state index is 13.7. The summed E-state index contributed by atoms with van der Waals surface area (Å²) in [6, 6.07) is 5.96. The number of halogens is 2. The molecular weight excluding hydrogens is 299 g/mol. The topological polar surface area (TPSA) is 74.4 Å². The van der Waals surface area contributed by atoms with Gasteiger partial charge in [0.15, 0.2) is 5.75 Å². The highest BCUT2D eigenvalue weighted by Gasteiger charge is 2.09. The first kappa shape index (κ1) is 16.7. The molecule has 0 aliphatic heterocycles. The van der Waals surface area contributed by atoms with Crippen LogP contribution in [0.1, 0.15) is 0 Å².